The van der Waals surface area contributed by atoms with Crippen LogP contribution in [0.25, 0.3) is 11.6 Å². The second kappa shape index (κ2) is 4.30. The average molecular weight is 244 g/mol. The van der Waals surface area contributed by atoms with Gasteiger partial charge in [-0.1, -0.05) is 0 Å². The molecule has 0 unspecified atom stereocenters. The van der Waals surface area contributed by atoms with Gasteiger partial charge in [-0.2, -0.15) is 0 Å². The molecule has 2 aromatic heterocycles. The minimum atomic E-state index is -0.168. The molecule has 0 aromatic carbocycles. The first kappa shape index (κ1) is 11.0. The van der Waals surface area contributed by atoms with Gasteiger partial charge in [-0.05, 0) is 12.5 Å². The van der Waals surface area contributed by atoms with Crippen molar-refractivity contribution in [3.05, 3.63) is 39.6 Å². The standard InChI is InChI=1S/C12H12N4O2/c1-7-4-13-10(14-5-7)11-15-9-2-3-18-6-8(9)12(17)16-11/h4-5H,2-3,6H2,1H3,(H,15,16,17). The maximum absolute atomic E-state index is 11.9. The summed E-state index contributed by atoms with van der Waals surface area (Å²) >= 11 is 0. The molecule has 0 radical (unpaired) electrons. The molecule has 18 heavy (non-hydrogen) atoms. The van der Waals surface area contributed by atoms with E-state index in [1.165, 1.54) is 0 Å². The quantitative estimate of drug-likeness (QED) is 0.794. The van der Waals surface area contributed by atoms with Gasteiger partial charge in [-0.3, -0.25) is 4.79 Å². The lowest BCUT2D eigenvalue weighted by Crippen LogP contribution is -2.24. The molecule has 0 amide bonds. The molecule has 6 heteroatoms. The van der Waals surface area contributed by atoms with Crippen LogP contribution in [0.15, 0.2) is 17.2 Å². The molecular formula is C12H12N4O2. The third-order valence-electron chi connectivity index (χ3n) is 2.82. The van der Waals surface area contributed by atoms with E-state index in [1.807, 2.05) is 6.92 Å². The fourth-order valence-corrected chi connectivity index (χ4v) is 1.86. The number of ether oxygens (including phenoxy) is 1. The minimum Gasteiger partial charge on any atom is -0.376 e. The fourth-order valence-electron chi connectivity index (χ4n) is 1.86. The lowest BCUT2D eigenvalue weighted by atomic mass is 10.1. The van der Waals surface area contributed by atoms with E-state index in [1.54, 1.807) is 12.4 Å². The Kier molecular flexibility index (Phi) is 2.64. The summed E-state index contributed by atoms with van der Waals surface area (Å²) in [6, 6.07) is 0. The van der Waals surface area contributed by atoms with E-state index >= 15 is 0 Å². The van der Waals surface area contributed by atoms with Crippen molar-refractivity contribution in [1.29, 1.82) is 0 Å². The lowest BCUT2D eigenvalue weighted by Gasteiger charge is -2.14. The van der Waals surface area contributed by atoms with Crippen LogP contribution in [0, 0.1) is 6.92 Å². The van der Waals surface area contributed by atoms with Crippen molar-refractivity contribution in [3.63, 3.8) is 0 Å². The maximum Gasteiger partial charge on any atom is 0.257 e. The summed E-state index contributed by atoms with van der Waals surface area (Å²) in [5, 5.41) is 0. The second-order valence-corrected chi connectivity index (χ2v) is 4.23. The Morgan fingerprint density at radius 1 is 1.33 bits per heavy atom. The predicted molar refractivity (Wildman–Crippen MR) is 64.0 cm³/mol. The highest BCUT2D eigenvalue weighted by molar-refractivity contribution is 5.43. The summed E-state index contributed by atoms with van der Waals surface area (Å²) in [7, 11) is 0. The highest BCUT2D eigenvalue weighted by Gasteiger charge is 2.17. The largest absolute Gasteiger partial charge is 0.376 e. The van der Waals surface area contributed by atoms with Gasteiger partial charge in [0.25, 0.3) is 5.56 Å². The molecule has 3 rings (SSSR count). The van der Waals surface area contributed by atoms with E-state index in [2.05, 4.69) is 19.9 Å². The third kappa shape index (κ3) is 1.91. The second-order valence-electron chi connectivity index (χ2n) is 4.23. The number of hydrogen-bond donors (Lipinski definition) is 1. The van der Waals surface area contributed by atoms with Crippen molar-refractivity contribution >= 4 is 0 Å². The van der Waals surface area contributed by atoms with Crippen LogP contribution in [0.4, 0.5) is 0 Å². The normalized spacial score (nSPS) is 14.3. The Bertz CT molecular complexity index is 634. The molecule has 0 saturated heterocycles. The number of aryl methyl sites for hydroxylation is 1. The molecular weight excluding hydrogens is 232 g/mol. The summed E-state index contributed by atoms with van der Waals surface area (Å²) in [4.78, 5) is 27.3. The zero-order chi connectivity index (χ0) is 12.5. The number of nitrogens with one attached hydrogen (secondary N) is 1. The minimum absolute atomic E-state index is 0.168. The van der Waals surface area contributed by atoms with E-state index in [4.69, 9.17) is 4.74 Å². The van der Waals surface area contributed by atoms with Crippen LogP contribution >= 0.6 is 0 Å². The number of aromatic nitrogens is 4. The van der Waals surface area contributed by atoms with Crippen LogP contribution in [0.1, 0.15) is 16.8 Å². The molecule has 1 aliphatic heterocycles. The summed E-state index contributed by atoms with van der Waals surface area (Å²) in [5.41, 5.74) is 2.19. The van der Waals surface area contributed by atoms with Crippen LogP contribution in [-0.4, -0.2) is 26.5 Å². The molecule has 92 valence electrons. The summed E-state index contributed by atoms with van der Waals surface area (Å²) < 4.78 is 5.25. The van der Waals surface area contributed by atoms with Gasteiger partial charge in [-0.15, -0.1) is 0 Å². The van der Waals surface area contributed by atoms with Crippen LogP contribution in [0.3, 0.4) is 0 Å². The van der Waals surface area contributed by atoms with Crippen LogP contribution in [0.5, 0.6) is 0 Å². The molecule has 1 aliphatic rings. The first-order valence-corrected chi connectivity index (χ1v) is 5.73. The van der Waals surface area contributed by atoms with Crippen LogP contribution in [0.2, 0.25) is 0 Å². The summed E-state index contributed by atoms with van der Waals surface area (Å²) in [6.07, 6.45) is 4.05. The number of hydrogen-bond acceptors (Lipinski definition) is 5. The first-order valence-electron chi connectivity index (χ1n) is 5.73. The number of rotatable bonds is 1. The molecule has 0 aliphatic carbocycles. The van der Waals surface area contributed by atoms with E-state index in [-0.39, 0.29) is 5.56 Å². The van der Waals surface area contributed by atoms with Crippen LogP contribution < -0.4 is 5.56 Å². The molecule has 3 heterocycles. The zero-order valence-electron chi connectivity index (χ0n) is 9.93. The van der Waals surface area contributed by atoms with Gasteiger partial charge in [0, 0.05) is 18.8 Å². The Hall–Kier alpha value is -2.08. The van der Waals surface area contributed by atoms with Gasteiger partial charge < -0.3 is 9.72 Å². The van der Waals surface area contributed by atoms with Gasteiger partial charge in [0.15, 0.2) is 11.6 Å². The van der Waals surface area contributed by atoms with Crippen molar-refractivity contribution in [2.24, 2.45) is 0 Å². The highest BCUT2D eigenvalue weighted by Crippen LogP contribution is 2.14. The predicted octanol–water partition coefficient (Wildman–Crippen LogP) is 0.608. The molecule has 0 saturated carbocycles. The van der Waals surface area contributed by atoms with E-state index in [0.717, 1.165) is 11.3 Å². The molecule has 0 spiro atoms. The zero-order valence-corrected chi connectivity index (χ0v) is 9.93. The maximum atomic E-state index is 11.9. The Morgan fingerprint density at radius 2 is 2.11 bits per heavy atom. The average Bonchev–Trinajstić information content (AvgIpc) is 2.39. The van der Waals surface area contributed by atoms with Crippen molar-refractivity contribution in [2.75, 3.05) is 6.61 Å². The van der Waals surface area contributed by atoms with Gasteiger partial charge in [0.2, 0.25) is 0 Å². The molecule has 2 aromatic rings. The summed E-state index contributed by atoms with van der Waals surface area (Å²) in [5.74, 6) is 0.854. The molecule has 1 N–H and O–H groups in total. The molecule has 6 nitrogen and oxygen atoms in total. The van der Waals surface area contributed by atoms with Gasteiger partial charge in [0.1, 0.15) is 0 Å². The molecule has 0 atom stereocenters. The number of nitrogens with zero attached hydrogens (tertiary/aromatic N) is 3. The van der Waals surface area contributed by atoms with E-state index in [9.17, 15) is 4.79 Å². The monoisotopic (exact) mass is 244 g/mol. The van der Waals surface area contributed by atoms with E-state index in [0.29, 0.717) is 36.8 Å². The lowest BCUT2D eigenvalue weighted by molar-refractivity contribution is 0.108. The topological polar surface area (TPSA) is 80.8 Å². The van der Waals surface area contributed by atoms with Gasteiger partial charge in [0.05, 0.1) is 24.5 Å². The fraction of sp³-hybridized carbons (Fsp3) is 0.333. The number of aromatic amines is 1. The Morgan fingerprint density at radius 3 is 2.89 bits per heavy atom. The van der Waals surface area contributed by atoms with Crippen molar-refractivity contribution in [2.45, 2.75) is 20.0 Å². The summed E-state index contributed by atoms with van der Waals surface area (Å²) in [6.45, 7) is 2.83. The molecule has 0 fully saturated rings. The Balaban J connectivity index is 2.11. The first-order chi connectivity index (χ1) is 8.74. The van der Waals surface area contributed by atoms with Gasteiger partial charge >= 0.3 is 0 Å². The van der Waals surface area contributed by atoms with E-state index < -0.39 is 0 Å². The van der Waals surface area contributed by atoms with Crippen LogP contribution in [-0.2, 0) is 17.8 Å². The highest BCUT2D eigenvalue weighted by atomic mass is 16.5. The van der Waals surface area contributed by atoms with Crippen molar-refractivity contribution in [1.82, 2.24) is 19.9 Å². The number of H-pyrrole nitrogens is 1. The number of fused-ring (bicyclic) bond motifs is 1. The third-order valence-corrected chi connectivity index (χ3v) is 2.82. The Labute approximate surface area is 103 Å². The SMILES string of the molecule is Cc1cnc(-c2nc3c(c(=O)[nH]2)COCC3)nc1. The van der Waals surface area contributed by atoms with Gasteiger partial charge in [-0.25, -0.2) is 15.0 Å². The van der Waals surface area contributed by atoms with Crippen molar-refractivity contribution < 1.29 is 4.74 Å². The van der Waals surface area contributed by atoms with Crippen molar-refractivity contribution in [3.8, 4) is 11.6 Å². The molecule has 0 bridgehead atoms. The smallest absolute Gasteiger partial charge is 0.257 e.